The Hall–Kier alpha value is -0.980. The van der Waals surface area contributed by atoms with Crippen LogP contribution >= 0.6 is 11.6 Å². The van der Waals surface area contributed by atoms with Crippen molar-refractivity contribution in [1.29, 1.82) is 0 Å². The number of methoxy groups -OCH3 is 1. The molecule has 0 fully saturated rings. The molecule has 0 aromatic heterocycles. The number of benzene rings is 1. The molecule has 0 saturated heterocycles. The zero-order valence-electron chi connectivity index (χ0n) is 9.59. The summed E-state index contributed by atoms with van der Waals surface area (Å²) >= 11 is 5.86. The number of ether oxygens (including phenoxy) is 1. The fourth-order valence-electron chi connectivity index (χ4n) is 1.29. The second kappa shape index (κ2) is 6.26. The van der Waals surface area contributed by atoms with Gasteiger partial charge in [0.25, 0.3) is 0 Å². The Labute approximate surface area is 108 Å². The molecule has 102 valence electrons. The Bertz CT molecular complexity index is 398. The Morgan fingerprint density at radius 2 is 2.11 bits per heavy atom. The standard InChI is InChI=1S/C11H13ClF3NO2/c1-18-9-3-2-7(4-8(9)12)5-16-6-10(17)11(13,14)15/h2-4,10,16-17H,5-6H2,1H3. The van der Waals surface area contributed by atoms with Crippen molar-refractivity contribution in [2.45, 2.75) is 18.8 Å². The van der Waals surface area contributed by atoms with E-state index in [1.807, 2.05) is 0 Å². The highest BCUT2D eigenvalue weighted by molar-refractivity contribution is 6.32. The number of aliphatic hydroxyl groups excluding tert-OH is 1. The van der Waals surface area contributed by atoms with Crippen LogP contribution in [0.15, 0.2) is 18.2 Å². The first kappa shape index (κ1) is 15.1. The molecule has 0 aliphatic heterocycles. The van der Waals surface area contributed by atoms with Gasteiger partial charge >= 0.3 is 6.18 Å². The SMILES string of the molecule is COc1ccc(CNCC(O)C(F)(F)F)cc1Cl. The van der Waals surface area contributed by atoms with Crippen LogP contribution in [0.1, 0.15) is 5.56 Å². The number of nitrogens with one attached hydrogen (secondary N) is 1. The van der Waals surface area contributed by atoms with Crippen LogP contribution in [0.5, 0.6) is 5.75 Å². The molecule has 2 N–H and O–H groups in total. The summed E-state index contributed by atoms with van der Waals surface area (Å²) in [4.78, 5) is 0. The van der Waals surface area contributed by atoms with Gasteiger partial charge in [-0.2, -0.15) is 13.2 Å². The summed E-state index contributed by atoms with van der Waals surface area (Å²) in [7, 11) is 1.47. The van der Waals surface area contributed by atoms with Crippen LogP contribution in [0, 0.1) is 0 Å². The van der Waals surface area contributed by atoms with Gasteiger partial charge < -0.3 is 15.2 Å². The summed E-state index contributed by atoms with van der Waals surface area (Å²) in [6.07, 6.45) is -6.98. The molecule has 0 spiro atoms. The Balaban J connectivity index is 2.47. The number of rotatable bonds is 5. The van der Waals surface area contributed by atoms with Crippen LogP contribution < -0.4 is 10.1 Å². The van der Waals surface area contributed by atoms with Gasteiger partial charge in [-0.1, -0.05) is 17.7 Å². The summed E-state index contributed by atoms with van der Waals surface area (Å²) < 4.78 is 41.0. The molecule has 0 aliphatic carbocycles. The third-order valence-electron chi connectivity index (χ3n) is 2.26. The number of hydrogen-bond donors (Lipinski definition) is 2. The second-order valence-corrected chi connectivity index (χ2v) is 4.06. The fraction of sp³-hybridized carbons (Fsp3) is 0.455. The molecule has 0 heterocycles. The first-order valence-corrected chi connectivity index (χ1v) is 5.50. The smallest absolute Gasteiger partial charge is 0.415 e. The summed E-state index contributed by atoms with van der Waals surface area (Å²) in [6, 6.07) is 4.89. The number of halogens is 4. The molecule has 1 atom stereocenters. The maximum Gasteiger partial charge on any atom is 0.415 e. The van der Waals surface area contributed by atoms with Crippen molar-refractivity contribution in [3.05, 3.63) is 28.8 Å². The van der Waals surface area contributed by atoms with Crippen LogP contribution in [0.25, 0.3) is 0 Å². The van der Waals surface area contributed by atoms with Gasteiger partial charge in [0.1, 0.15) is 5.75 Å². The minimum atomic E-state index is -4.61. The number of hydrogen-bond acceptors (Lipinski definition) is 3. The van der Waals surface area contributed by atoms with Crippen molar-refractivity contribution in [1.82, 2.24) is 5.32 Å². The lowest BCUT2D eigenvalue weighted by Crippen LogP contribution is -2.38. The van der Waals surface area contributed by atoms with Gasteiger partial charge in [-0.15, -0.1) is 0 Å². The minimum absolute atomic E-state index is 0.177. The van der Waals surface area contributed by atoms with Gasteiger partial charge in [0.05, 0.1) is 12.1 Å². The maximum atomic E-state index is 12.0. The van der Waals surface area contributed by atoms with E-state index in [9.17, 15) is 13.2 Å². The van der Waals surface area contributed by atoms with Crippen molar-refractivity contribution in [3.8, 4) is 5.75 Å². The predicted molar refractivity (Wildman–Crippen MR) is 61.8 cm³/mol. The topological polar surface area (TPSA) is 41.5 Å². The quantitative estimate of drug-likeness (QED) is 0.872. The zero-order chi connectivity index (χ0) is 13.8. The summed E-state index contributed by atoms with van der Waals surface area (Å²) in [5.74, 6) is 0.496. The van der Waals surface area contributed by atoms with Gasteiger partial charge in [-0.05, 0) is 17.7 Å². The van der Waals surface area contributed by atoms with Gasteiger partial charge in [0.2, 0.25) is 0 Å². The zero-order valence-corrected chi connectivity index (χ0v) is 10.3. The van der Waals surface area contributed by atoms with Crippen molar-refractivity contribution in [2.75, 3.05) is 13.7 Å². The van der Waals surface area contributed by atoms with E-state index >= 15 is 0 Å². The highest BCUT2D eigenvalue weighted by Crippen LogP contribution is 2.25. The van der Waals surface area contributed by atoms with E-state index in [-0.39, 0.29) is 6.54 Å². The second-order valence-electron chi connectivity index (χ2n) is 3.66. The van der Waals surface area contributed by atoms with E-state index in [0.29, 0.717) is 16.3 Å². The Kier molecular flexibility index (Phi) is 5.25. The Morgan fingerprint density at radius 1 is 1.44 bits per heavy atom. The van der Waals surface area contributed by atoms with Crippen LogP contribution in [-0.4, -0.2) is 31.0 Å². The van der Waals surface area contributed by atoms with Crippen LogP contribution in [0.2, 0.25) is 5.02 Å². The highest BCUT2D eigenvalue weighted by Gasteiger charge is 2.37. The van der Waals surface area contributed by atoms with Gasteiger partial charge in [0.15, 0.2) is 6.10 Å². The van der Waals surface area contributed by atoms with E-state index in [2.05, 4.69) is 5.32 Å². The first-order valence-electron chi connectivity index (χ1n) is 5.12. The lowest BCUT2D eigenvalue weighted by atomic mass is 10.2. The molecular weight excluding hydrogens is 271 g/mol. The molecule has 18 heavy (non-hydrogen) atoms. The first-order chi connectivity index (χ1) is 8.34. The third-order valence-corrected chi connectivity index (χ3v) is 2.56. The largest absolute Gasteiger partial charge is 0.495 e. The number of alkyl halides is 3. The van der Waals surface area contributed by atoms with E-state index in [0.717, 1.165) is 0 Å². The highest BCUT2D eigenvalue weighted by atomic mass is 35.5. The minimum Gasteiger partial charge on any atom is -0.495 e. The summed E-state index contributed by atoms with van der Waals surface area (Å²) in [5, 5.41) is 11.7. The molecule has 0 saturated carbocycles. The molecule has 0 amide bonds. The van der Waals surface area contributed by atoms with Crippen molar-refractivity contribution < 1.29 is 23.0 Å². The predicted octanol–water partition coefficient (Wildman–Crippen LogP) is 2.36. The average Bonchev–Trinajstić information content (AvgIpc) is 2.28. The third kappa shape index (κ3) is 4.36. The van der Waals surface area contributed by atoms with E-state index in [4.69, 9.17) is 21.4 Å². The number of aliphatic hydroxyl groups is 1. The molecule has 7 heteroatoms. The molecule has 0 bridgehead atoms. The molecule has 1 aromatic rings. The Morgan fingerprint density at radius 3 is 2.61 bits per heavy atom. The molecule has 0 aliphatic rings. The summed E-state index contributed by atoms with van der Waals surface area (Å²) in [6.45, 7) is -0.385. The average molecular weight is 284 g/mol. The van der Waals surface area contributed by atoms with Gasteiger partial charge in [-0.3, -0.25) is 0 Å². The molecule has 1 unspecified atom stereocenters. The molecule has 3 nitrogen and oxygen atoms in total. The van der Waals surface area contributed by atoms with Crippen LogP contribution in [0.4, 0.5) is 13.2 Å². The summed E-state index contributed by atoms with van der Waals surface area (Å²) in [5.41, 5.74) is 0.704. The van der Waals surface area contributed by atoms with Crippen LogP contribution in [0.3, 0.4) is 0 Å². The van der Waals surface area contributed by atoms with E-state index in [1.54, 1.807) is 18.2 Å². The lowest BCUT2D eigenvalue weighted by molar-refractivity contribution is -0.201. The van der Waals surface area contributed by atoms with Crippen molar-refractivity contribution in [3.63, 3.8) is 0 Å². The van der Waals surface area contributed by atoms with Crippen LogP contribution in [-0.2, 0) is 6.54 Å². The fourth-order valence-corrected chi connectivity index (χ4v) is 1.57. The molecular formula is C11H13ClF3NO2. The maximum absolute atomic E-state index is 12.0. The molecule has 1 aromatic carbocycles. The van der Waals surface area contributed by atoms with Gasteiger partial charge in [-0.25, -0.2) is 0 Å². The monoisotopic (exact) mass is 283 g/mol. The van der Waals surface area contributed by atoms with Crippen molar-refractivity contribution in [2.24, 2.45) is 0 Å². The normalized spacial score (nSPS) is 13.4. The molecule has 1 rings (SSSR count). The van der Waals surface area contributed by atoms with E-state index < -0.39 is 18.8 Å². The van der Waals surface area contributed by atoms with Gasteiger partial charge in [0, 0.05) is 13.1 Å². The lowest BCUT2D eigenvalue weighted by Gasteiger charge is -2.15. The van der Waals surface area contributed by atoms with E-state index in [1.165, 1.54) is 7.11 Å². The molecule has 0 radical (unpaired) electrons. The van der Waals surface area contributed by atoms with Crippen molar-refractivity contribution >= 4 is 11.6 Å².